The van der Waals surface area contributed by atoms with Crippen LogP contribution in [0.5, 0.6) is 0 Å². The molecule has 0 spiro atoms. The Bertz CT molecular complexity index is 636. The minimum atomic E-state index is -0.768. The van der Waals surface area contributed by atoms with Crippen LogP contribution in [0.25, 0.3) is 0 Å². The number of nitrogens with two attached hydrogens (primary N) is 2. The van der Waals surface area contributed by atoms with Crippen molar-refractivity contribution >= 4 is 23.4 Å². The quantitative estimate of drug-likeness (QED) is 0.247. The van der Waals surface area contributed by atoms with Gasteiger partial charge in [0.2, 0.25) is 11.8 Å². The molecule has 0 aromatic heterocycles. The number of nitrogens with one attached hydrogen (secondary N) is 2. The van der Waals surface area contributed by atoms with Crippen LogP contribution in [0.15, 0.2) is 24.3 Å². The van der Waals surface area contributed by atoms with E-state index in [-0.39, 0.29) is 12.5 Å². The molecule has 0 bridgehead atoms. The van der Waals surface area contributed by atoms with Crippen molar-refractivity contribution in [3.63, 3.8) is 0 Å². The highest BCUT2D eigenvalue weighted by Gasteiger charge is 2.17. The van der Waals surface area contributed by atoms with Gasteiger partial charge in [-0.15, -0.1) is 0 Å². The van der Waals surface area contributed by atoms with Gasteiger partial charge in [0, 0.05) is 24.4 Å². The Kier molecular flexibility index (Phi) is 12.1. The number of amides is 3. The van der Waals surface area contributed by atoms with Crippen LogP contribution in [-0.2, 0) is 19.1 Å². The van der Waals surface area contributed by atoms with E-state index in [2.05, 4.69) is 10.6 Å². The average Bonchev–Trinajstić information content (AvgIpc) is 2.69. The summed E-state index contributed by atoms with van der Waals surface area (Å²) in [6, 6.07) is 5.87. The molecule has 9 nitrogen and oxygen atoms in total. The molecule has 1 atom stereocenters. The van der Waals surface area contributed by atoms with E-state index < -0.39 is 17.9 Å². The first-order chi connectivity index (χ1) is 13.9. The lowest BCUT2D eigenvalue weighted by atomic mass is 10.1. The Morgan fingerprint density at radius 2 is 1.72 bits per heavy atom. The van der Waals surface area contributed by atoms with E-state index in [9.17, 15) is 14.4 Å². The first-order valence-electron chi connectivity index (χ1n) is 9.82. The number of nitrogen functional groups attached to an aromatic ring is 1. The van der Waals surface area contributed by atoms with Gasteiger partial charge in [0.15, 0.2) is 0 Å². The Morgan fingerprint density at radius 1 is 1.03 bits per heavy atom. The van der Waals surface area contributed by atoms with Gasteiger partial charge in [-0.05, 0) is 49.9 Å². The highest BCUT2D eigenvalue weighted by Crippen LogP contribution is 2.05. The van der Waals surface area contributed by atoms with Crippen molar-refractivity contribution < 1.29 is 23.9 Å². The molecule has 0 unspecified atom stereocenters. The highest BCUT2D eigenvalue weighted by molar-refractivity contribution is 5.94. The molecule has 0 aliphatic heterocycles. The molecule has 0 aliphatic rings. The summed E-state index contributed by atoms with van der Waals surface area (Å²) in [5, 5.41) is 5.37. The number of unbranched alkanes of at least 4 members (excludes halogenated alkanes) is 1. The van der Waals surface area contributed by atoms with Gasteiger partial charge < -0.3 is 31.6 Å². The van der Waals surface area contributed by atoms with Crippen LogP contribution in [0, 0.1) is 0 Å². The number of rotatable bonds is 15. The van der Waals surface area contributed by atoms with Gasteiger partial charge >= 0.3 is 0 Å². The molecule has 3 amide bonds. The van der Waals surface area contributed by atoms with Crippen LogP contribution in [0.2, 0.25) is 0 Å². The van der Waals surface area contributed by atoms with Gasteiger partial charge in [0.05, 0.1) is 13.2 Å². The first kappa shape index (κ1) is 24.4. The number of carbonyl (C=O) groups is 3. The monoisotopic (exact) mass is 408 g/mol. The predicted octanol–water partition coefficient (Wildman–Crippen LogP) is 0.582. The van der Waals surface area contributed by atoms with Gasteiger partial charge in [-0.2, -0.15) is 0 Å². The SMILES string of the molecule is CCCOCCOCC(=O)N[C@@H](CCCCNC(=O)c1ccc(N)cc1)C(N)=O. The maximum Gasteiger partial charge on any atom is 0.251 e. The van der Waals surface area contributed by atoms with Crippen molar-refractivity contribution in [2.24, 2.45) is 5.73 Å². The van der Waals surface area contributed by atoms with E-state index >= 15 is 0 Å². The lowest BCUT2D eigenvalue weighted by Crippen LogP contribution is -2.45. The first-order valence-corrected chi connectivity index (χ1v) is 9.82. The molecule has 0 saturated carbocycles. The second-order valence-electron chi connectivity index (χ2n) is 6.56. The smallest absolute Gasteiger partial charge is 0.251 e. The molecule has 0 radical (unpaired) electrons. The van der Waals surface area contributed by atoms with Crippen molar-refractivity contribution in [1.29, 1.82) is 0 Å². The lowest BCUT2D eigenvalue weighted by molar-refractivity contribution is -0.130. The second kappa shape index (κ2) is 14.4. The molecular weight excluding hydrogens is 376 g/mol. The molecule has 6 N–H and O–H groups in total. The van der Waals surface area contributed by atoms with Gasteiger partial charge in [-0.1, -0.05) is 6.92 Å². The zero-order chi connectivity index (χ0) is 21.5. The summed E-state index contributed by atoms with van der Waals surface area (Å²) >= 11 is 0. The fraction of sp³-hybridized carbons (Fsp3) is 0.550. The summed E-state index contributed by atoms with van der Waals surface area (Å²) in [5.41, 5.74) is 12.1. The van der Waals surface area contributed by atoms with Gasteiger partial charge in [-0.3, -0.25) is 14.4 Å². The fourth-order valence-electron chi connectivity index (χ4n) is 2.46. The van der Waals surface area contributed by atoms with E-state index in [1.165, 1.54) is 0 Å². The predicted molar refractivity (Wildman–Crippen MR) is 110 cm³/mol. The van der Waals surface area contributed by atoms with Crippen molar-refractivity contribution in [3.8, 4) is 0 Å². The number of hydrogen-bond donors (Lipinski definition) is 4. The molecule has 9 heteroatoms. The molecule has 162 valence electrons. The van der Waals surface area contributed by atoms with E-state index in [0.717, 1.165) is 6.42 Å². The topological polar surface area (TPSA) is 146 Å². The fourth-order valence-corrected chi connectivity index (χ4v) is 2.46. The summed E-state index contributed by atoms with van der Waals surface area (Å²) in [6.07, 6.45) is 2.57. The van der Waals surface area contributed by atoms with Crippen LogP contribution >= 0.6 is 0 Å². The molecule has 1 rings (SSSR count). The van der Waals surface area contributed by atoms with Crippen LogP contribution in [0.4, 0.5) is 5.69 Å². The number of benzene rings is 1. The molecule has 0 heterocycles. The maximum atomic E-state index is 12.0. The average molecular weight is 408 g/mol. The summed E-state index contributed by atoms with van der Waals surface area (Å²) in [6.45, 7) is 3.68. The number of ether oxygens (including phenoxy) is 2. The Morgan fingerprint density at radius 3 is 2.38 bits per heavy atom. The van der Waals surface area contributed by atoms with E-state index in [4.69, 9.17) is 20.9 Å². The van der Waals surface area contributed by atoms with E-state index in [1.807, 2.05) is 6.92 Å². The van der Waals surface area contributed by atoms with Crippen molar-refractivity contribution in [3.05, 3.63) is 29.8 Å². The highest BCUT2D eigenvalue weighted by atomic mass is 16.5. The Labute approximate surface area is 171 Å². The number of primary amides is 1. The van der Waals surface area contributed by atoms with Crippen LogP contribution in [0.1, 0.15) is 43.0 Å². The molecule has 0 fully saturated rings. The summed E-state index contributed by atoms with van der Waals surface area (Å²) in [5.74, 6) is -1.19. The molecular formula is C20H32N4O5. The van der Waals surface area contributed by atoms with Crippen LogP contribution in [0.3, 0.4) is 0 Å². The number of carbonyl (C=O) groups excluding carboxylic acids is 3. The lowest BCUT2D eigenvalue weighted by Gasteiger charge is -2.15. The van der Waals surface area contributed by atoms with Crippen LogP contribution in [-0.4, -0.2) is 56.7 Å². The zero-order valence-corrected chi connectivity index (χ0v) is 16.9. The summed E-state index contributed by atoms with van der Waals surface area (Å²) in [7, 11) is 0. The molecule has 1 aromatic rings. The third kappa shape index (κ3) is 11.1. The number of anilines is 1. The standard InChI is InChI=1S/C20H32N4O5/c1-2-11-28-12-13-29-14-18(25)24-17(19(22)26)5-3-4-10-23-20(27)15-6-8-16(21)9-7-15/h6-9,17H,2-5,10-14,21H2,1H3,(H2,22,26)(H,23,27)(H,24,25)/t17-/m0/s1. The summed E-state index contributed by atoms with van der Waals surface area (Å²) in [4.78, 5) is 35.4. The second-order valence-corrected chi connectivity index (χ2v) is 6.56. The Hall–Kier alpha value is -2.65. The molecule has 1 aromatic carbocycles. The molecule has 29 heavy (non-hydrogen) atoms. The normalized spacial score (nSPS) is 11.6. The third-order valence-corrected chi connectivity index (χ3v) is 4.01. The van der Waals surface area contributed by atoms with Crippen molar-refractivity contribution in [2.45, 2.75) is 38.6 Å². The molecule has 0 aliphatic carbocycles. The van der Waals surface area contributed by atoms with Crippen molar-refractivity contribution in [1.82, 2.24) is 10.6 Å². The maximum absolute atomic E-state index is 12.0. The van der Waals surface area contributed by atoms with Gasteiger partial charge in [0.25, 0.3) is 5.91 Å². The number of hydrogen-bond acceptors (Lipinski definition) is 6. The third-order valence-electron chi connectivity index (χ3n) is 4.01. The van der Waals surface area contributed by atoms with E-state index in [0.29, 0.717) is 56.9 Å². The molecule has 0 saturated heterocycles. The van der Waals surface area contributed by atoms with Crippen molar-refractivity contribution in [2.75, 3.05) is 38.7 Å². The minimum Gasteiger partial charge on any atom is -0.399 e. The summed E-state index contributed by atoms with van der Waals surface area (Å²) < 4.78 is 10.4. The van der Waals surface area contributed by atoms with Gasteiger partial charge in [-0.25, -0.2) is 0 Å². The van der Waals surface area contributed by atoms with Crippen LogP contribution < -0.4 is 22.1 Å². The van der Waals surface area contributed by atoms with E-state index in [1.54, 1.807) is 24.3 Å². The minimum absolute atomic E-state index is 0.156. The zero-order valence-electron chi connectivity index (χ0n) is 16.9. The Balaban J connectivity index is 2.20. The van der Waals surface area contributed by atoms with Gasteiger partial charge in [0.1, 0.15) is 12.6 Å². The largest absolute Gasteiger partial charge is 0.399 e.